The fourth-order valence-electron chi connectivity index (χ4n) is 3.18. The summed E-state index contributed by atoms with van der Waals surface area (Å²) in [7, 11) is -3.60. The molecule has 0 aliphatic carbocycles. The Balaban J connectivity index is 1.86. The number of aromatic nitrogens is 1. The van der Waals surface area contributed by atoms with Gasteiger partial charge in [0.1, 0.15) is 5.01 Å². The van der Waals surface area contributed by atoms with Gasteiger partial charge in [0.25, 0.3) is 10.0 Å². The topological polar surface area (TPSA) is 50.3 Å². The van der Waals surface area contributed by atoms with Crippen LogP contribution in [0, 0.1) is 0 Å². The number of rotatable bonds is 4. The summed E-state index contributed by atoms with van der Waals surface area (Å²) in [6.07, 6.45) is 2.91. The van der Waals surface area contributed by atoms with E-state index in [-0.39, 0.29) is 5.03 Å². The summed E-state index contributed by atoms with van der Waals surface area (Å²) in [4.78, 5) is 5.31. The minimum Gasteiger partial charge on any atom is -0.222 e. The van der Waals surface area contributed by atoms with Crippen LogP contribution in [0.2, 0.25) is 0 Å². The highest BCUT2D eigenvalue weighted by molar-refractivity contribution is 7.89. The minimum absolute atomic E-state index is 0.189. The molecule has 0 atom stereocenters. The van der Waals surface area contributed by atoms with Crippen molar-refractivity contribution in [2.24, 2.45) is 0 Å². The number of piperidine rings is 1. The van der Waals surface area contributed by atoms with Gasteiger partial charge in [-0.15, -0.1) is 11.3 Å². The Bertz CT molecular complexity index is 977. The van der Waals surface area contributed by atoms with Gasteiger partial charge in [-0.25, -0.2) is 13.4 Å². The first kappa shape index (κ1) is 17.4. The van der Waals surface area contributed by atoms with Crippen molar-refractivity contribution in [2.45, 2.75) is 24.3 Å². The number of thiazole rings is 1. The van der Waals surface area contributed by atoms with Crippen molar-refractivity contribution in [3.05, 3.63) is 60.7 Å². The van der Waals surface area contributed by atoms with E-state index in [0.29, 0.717) is 13.1 Å². The highest BCUT2D eigenvalue weighted by Crippen LogP contribution is 2.39. The van der Waals surface area contributed by atoms with Crippen molar-refractivity contribution in [1.82, 2.24) is 9.29 Å². The van der Waals surface area contributed by atoms with Gasteiger partial charge in [-0.1, -0.05) is 67.1 Å². The van der Waals surface area contributed by atoms with E-state index in [0.717, 1.165) is 40.3 Å². The average Bonchev–Trinajstić information content (AvgIpc) is 3.16. The Kier molecular flexibility index (Phi) is 4.89. The first-order chi connectivity index (χ1) is 12.7. The van der Waals surface area contributed by atoms with Crippen molar-refractivity contribution >= 4 is 21.4 Å². The van der Waals surface area contributed by atoms with E-state index in [4.69, 9.17) is 0 Å². The molecule has 3 aromatic rings. The van der Waals surface area contributed by atoms with Gasteiger partial charge in [0, 0.05) is 18.7 Å². The van der Waals surface area contributed by atoms with Crippen molar-refractivity contribution in [2.75, 3.05) is 13.1 Å². The molecule has 0 unspecified atom stereocenters. The molecule has 0 saturated carbocycles. The Morgan fingerprint density at radius 2 is 1.38 bits per heavy atom. The Morgan fingerprint density at radius 1 is 0.808 bits per heavy atom. The van der Waals surface area contributed by atoms with Gasteiger partial charge >= 0.3 is 0 Å². The van der Waals surface area contributed by atoms with Gasteiger partial charge in [0.05, 0.1) is 4.88 Å². The Labute approximate surface area is 158 Å². The molecule has 2 aromatic carbocycles. The monoisotopic (exact) mass is 384 g/mol. The third-order valence-electron chi connectivity index (χ3n) is 4.55. The van der Waals surface area contributed by atoms with Crippen LogP contribution in [0.4, 0.5) is 0 Å². The predicted molar refractivity (Wildman–Crippen MR) is 106 cm³/mol. The van der Waals surface area contributed by atoms with Gasteiger partial charge in [-0.2, -0.15) is 4.31 Å². The van der Waals surface area contributed by atoms with Gasteiger partial charge < -0.3 is 0 Å². The van der Waals surface area contributed by atoms with E-state index in [9.17, 15) is 8.42 Å². The largest absolute Gasteiger partial charge is 0.262 e. The molecule has 1 aliphatic heterocycles. The van der Waals surface area contributed by atoms with E-state index >= 15 is 0 Å². The zero-order chi connectivity index (χ0) is 18.0. The van der Waals surface area contributed by atoms with Crippen LogP contribution in [-0.2, 0) is 10.0 Å². The van der Waals surface area contributed by atoms with Crippen molar-refractivity contribution in [3.8, 4) is 21.0 Å². The van der Waals surface area contributed by atoms with Crippen molar-refractivity contribution < 1.29 is 8.42 Å². The molecule has 4 rings (SSSR count). The second kappa shape index (κ2) is 7.31. The smallest absolute Gasteiger partial charge is 0.222 e. The molecule has 26 heavy (non-hydrogen) atoms. The molecule has 0 spiro atoms. The lowest BCUT2D eigenvalue weighted by Crippen LogP contribution is -2.36. The van der Waals surface area contributed by atoms with E-state index < -0.39 is 10.0 Å². The van der Waals surface area contributed by atoms with Crippen LogP contribution >= 0.6 is 11.3 Å². The molecule has 2 heterocycles. The van der Waals surface area contributed by atoms with Gasteiger partial charge in [-0.05, 0) is 18.4 Å². The number of hydrogen-bond acceptors (Lipinski definition) is 4. The second-order valence-electron chi connectivity index (χ2n) is 6.35. The molecular formula is C20H20N2O2S2. The second-order valence-corrected chi connectivity index (χ2v) is 9.20. The fraction of sp³-hybridized carbons (Fsp3) is 0.250. The predicted octanol–water partition coefficient (Wildman–Crippen LogP) is 4.65. The highest BCUT2D eigenvalue weighted by atomic mass is 32.2. The molecule has 0 bridgehead atoms. The quantitative estimate of drug-likeness (QED) is 0.658. The van der Waals surface area contributed by atoms with Crippen LogP contribution in [-0.4, -0.2) is 30.8 Å². The molecule has 1 fully saturated rings. The van der Waals surface area contributed by atoms with Crippen LogP contribution in [0.15, 0.2) is 65.7 Å². The third kappa shape index (κ3) is 3.32. The molecule has 1 aliphatic rings. The van der Waals surface area contributed by atoms with Gasteiger partial charge in [0.15, 0.2) is 5.03 Å². The van der Waals surface area contributed by atoms with E-state index in [1.54, 1.807) is 4.31 Å². The lowest BCUT2D eigenvalue weighted by molar-refractivity contribution is 0.346. The summed E-state index contributed by atoms with van der Waals surface area (Å²) in [6.45, 7) is 1.16. The standard InChI is InChI=1S/C20H20N2O2S2/c23-26(24,22-14-8-3-9-15-22)20-18(16-10-4-1-5-11-16)25-19(21-20)17-12-6-2-7-13-17/h1-2,4-7,10-13H,3,8-9,14-15H2. The van der Waals surface area contributed by atoms with Crippen LogP contribution < -0.4 is 0 Å². The molecule has 0 amide bonds. The number of benzene rings is 2. The fourth-order valence-corrected chi connectivity index (χ4v) is 6.20. The summed E-state index contributed by atoms with van der Waals surface area (Å²) >= 11 is 1.44. The molecule has 1 aromatic heterocycles. The lowest BCUT2D eigenvalue weighted by atomic mass is 10.2. The number of nitrogens with zero attached hydrogens (tertiary/aromatic N) is 2. The first-order valence-corrected chi connectivity index (χ1v) is 11.0. The molecule has 1 saturated heterocycles. The maximum absolute atomic E-state index is 13.3. The summed E-state index contributed by atoms with van der Waals surface area (Å²) in [5.41, 5.74) is 1.83. The number of hydrogen-bond donors (Lipinski definition) is 0. The van der Waals surface area contributed by atoms with Crippen molar-refractivity contribution in [3.63, 3.8) is 0 Å². The Morgan fingerprint density at radius 3 is 2.00 bits per heavy atom. The van der Waals surface area contributed by atoms with E-state index in [2.05, 4.69) is 4.98 Å². The maximum atomic E-state index is 13.3. The van der Waals surface area contributed by atoms with Gasteiger partial charge in [-0.3, -0.25) is 0 Å². The van der Waals surface area contributed by atoms with E-state index in [1.165, 1.54) is 11.3 Å². The average molecular weight is 385 g/mol. The zero-order valence-electron chi connectivity index (χ0n) is 14.3. The maximum Gasteiger partial charge on any atom is 0.262 e. The summed E-state index contributed by atoms with van der Waals surface area (Å²) < 4.78 is 28.2. The number of sulfonamides is 1. The minimum atomic E-state index is -3.60. The van der Waals surface area contributed by atoms with Crippen LogP contribution in [0.25, 0.3) is 21.0 Å². The zero-order valence-corrected chi connectivity index (χ0v) is 16.0. The third-order valence-corrected chi connectivity index (χ3v) is 7.66. The Hall–Kier alpha value is -2.02. The van der Waals surface area contributed by atoms with Crippen LogP contribution in [0.1, 0.15) is 19.3 Å². The summed E-state index contributed by atoms with van der Waals surface area (Å²) in [5, 5.41) is 0.925. The van der Waals surface area contributed by atoms with Crippen LogP contribution in [0.5, 0.6) is 0 Å². The highest BCUT2D eigenvalue weighted by Gasteiger charge is 2.32. The molecular weight excluding hydrogens is 364 g/mol. The summed E-state index contributed by atoms with van der Waals surface area (Å²) in [6, 6.07) is 19.4. The molecule has 0 N–H and O–H groups in total. The van der Waals surface area contributed by atoms with E-state index in [1.807, 2.05) is 60.7 Å². The van der Waals surface area contributed by atoms with Crippen molar-refractivity contribution in [1.29, 1.82) is 0 Å². The van der Waals surface area contributed by atoms with Gasteiger partial charge in [0.2, 0.25) is 0 Å². The van der Waals surface area contributed by atoms with Crippen LogP contribution in [0.3, 0.4) is 0 Å². The SMILES string of the molecule is O=S(=O)(c1nc(-c2ccccc2)sc1-c1ccccc1)N1CCCCC1. The molecule has 134 valence electrons. The normalized spacial score (nSPS) is 15.8. The first-order valence-electron chi connectivity index (χ1n) is 8.78. The molecule has 0 radical (unpaired) electrons. The lowest BCUT2D eigenvalue weighted by Gasteiger charge is -2.25. The summed E-state index contributed by atoms with van der Waals surface area (Å²) in [5.74, 6) is 0. The molecule has 4 nitrogen and oxygen atoms in total. The molecule has 6 heteroatoms.